The summed E-state index contributed by atoms with van der Waals surface area (Å²) >= 11 is 0. The van der Waals surface area contributed by atoms with Crippen molar-refractivity contribution in [1.82, 2.24) is 4.31 Å². The predicted molar refractivity (Wildman–Crippen MR) is 99.0 cm³/mol. The van der Waals surface area contributed by atoms with E-state index in [1.807, 2.05) is 30.3 Å². The monoisotopic (exact) mass is 375 g/mol. The quantitative estimate of drug-likeness (QED) is 0.728. The van der Waals surface area contributed by atoms with Crippen molar-refractivity contribution in [3.8, 4) is 0 Å². The molecular weight excluding hydrogens is 353 g/mol. The average molecular weight is 375 g/mol. The van der Waals surface area contributed by atoms with Crippen LogP contribution in [0.4, 0.5) is 4.39 Å². The number of Topliss-reactive ketones (excluding diaryl/α,β-unsaturated/α-hetero) is 1. The maximum Gasteiger partial charge on any atom is 0.214 e. The Hall–Kier alpha value is -2.05. The molecule has 0 radical (unpaired) electrons. The van der Waals surface area contributed by atoms with Gasteiger partial charge in [-0.05, 0) is 49.1 Å². The van der Waals surface area contributed by atoms with Gasteiger partial charge in [-0.3, -0.25) is 4.79 Å². The maximum atomic E-state index is 13.0. The van der Waals surface area contributed by atoms with Gasteiger partial charge in [0.1, 0.15) is 5.82 Å². The number of sulfonamides is 1. The van der Waals surface area contributed by atoms with Gasteiger partial charge >= 0.3 is 0 Å². The molecule has 0 aromatic heterocycles. The Morgan fingerprint density at radius 3 is 2.46 bits per heavy atom. The molecule has 1 fully saturated rings. The van der Waals surface area contributed by atoms with E-state index in [0.29, 0.717) is 31.4 Å². The van der Waals surface area contributed by atoms with Crippen LogP contribution in [0.3, 0.4) is 0 Å². The minimum absolute atomic E-state index is 0.0362. The van der Waals surface area contributed by atoms with Crippen molar-refractivity contribution in [3.63, 3.8) is 0 Å². The van der Waals surface area contributed by atoms with Crippen LogP contribution in [-0.2, 0) is 16.4 Å². The van der Waals surface area contributed by atoms with Gasteiger partial charge in [-0.15, -0.1) is 0 Å². The molecule has 1 unspecified atom stereocenters. The second kappa shape index (κ2) is 8.10. The van der Waals surface area contributed by atoms with Crippen LogP contribution in [0.2, 0.25) is 0 Å². The fourth-order valence-electron chi connectivity index (χ4n) is 3.28. The second-order valence-corrected chi connectivity index (χ2v) is 8.71. The van der Waals surface area contributed by atoms with Crippen LogP contribution >= 0.6 is 0 Å². The molecule has 1 aliphatic heterocycles. The van der Waals surface area contributed by atoms with E-state index in [9.17, 15) is 17.6 Å². The molecular formula is C20H22FNO3S. The summed E-state index contributed by atoms with van der Waals surface area (Å²) in [5.41, 5.74) is 1.41. The molecule has 4 nitrogen and oxygen atoms in total. The third-order valence-electron chi connectivity index (χ3n) is 4.77. The van der Waals surface area contributed by atoms with Crippen molar-refractivity contribution in [2.75, 3.05) is 18.8 Å². The van der Waals surface area contributed by atoms with Crippen LogP contribution in [-0.4, -0.2) is 37.3 Å². The van der Waals surface area contributed by atoms with E-state index in [2.05, 4.69) is 0 Å². The lowest BCUT2D eigenvalue weighted by Gasteiger charge is -2.31. The number of carbonyl (C=O) groups excluding carboxylic acids is 1. The Bertz CT molecular complexity index is 850. The lowest BCUT2D eigenvalue weighted by Crippen LogP contribution is -2.43. The fourth-order valence-corrected chi connectivity index (χ4v) is 4.85. The van der Waals surface area contributed by atoms with Crippen LogP contribution in [0.15, 0.2) is 54.6 Å². The van der Waals surface area contributed by atoms with Gasteiger partial charge in [-0.1, -0.05) is 30.3 Å². The smallest absolute Gasteiger partial charge is 0.214 e. The number of piperidine rings is 1. The number of nitrogens with zero attached hydrogens (tertiary/aromatic N) is 1. The van der Waals surface area contributed by atoms with Crippen molar-refractivity contribution in [2.45, 2.75) is 19.3 Å². The Kier molecular flexibility index (Phi) is 5.84. The number of rotatable bonds is 6. The number of carbonyl (C=O) groups is 1. The van der Waals surface area contributed by atoms with Gasteiger partial charge in [0.2, 0.25) is 10.0 Å². The Balaban J connectivity index is 1.65. The summed E-state index contributed by atoms with van der Waals surface area (Å²) < 4.78 is 39.8. The van der Waals surface area contributed by atoms with Crippen LogP contribution in [0.1, 0.15) is 28.8 Å². The second-order valence-electron chi connectivity index (χ2n) is 6.62. The third kappa shape index (κ3) is 4.56. The molecule has 0 N–H and O–H groups in total. The zero-order valence-electron chi connectivity index (χ0n) is 14.5. The van der Waals surface area contributed by atoms with Gasteiger partial charge in [0.25, 0.3) is 0 Å². The van der Waals surface area contributed by atoms with Crippen molar-refractivity contribution in [3.05, 3.63) is 71.5 Å². The SMILES string of the molecule is O=C(c1ccc(F)cc1)C1CCCN(S(=O)(=O)CCc2ccccc2)C1. The van der Waals surface area contributed by atoms with Crippen molar-refractivity contribution in [1.29, 1.82) is 0 Å². The van der Waals surface area contributed by atoms with E-state index >= 15 is 0 Å². The molecule has 138 valence electrons. The Labute approximate surface area is 153 Å². The maximum absolute atomic E-state index is 13.0. The number of halogens is 1. The summed E-state index contributed by atoms with van der Waals surface area (Å²) in [6.45, 7) is 0.650. The van der Waals surface area contributed by atoms with E-state index in [1.54, 1.807) is 0 Å². The molecule has 0 saturated carbocycles. The summed E-state index contributed by atoms with van der Waals surface area (Å²) in [7, 11) is -3.42. The van der Waals surface area contributed by atoms with Gasteiger partial charge < -0.3 is 0 Å². The largest absolute Gasteiger partial charge is 0.294 e. The van der Waals surface area contributed by atoms with Crippen molar-refractivity contribution < 1.29 is 17.6 Å². The number of hydrogen-bond acceptors (Lipinski definition) is 3. The fraction of sp³-hybridized carbons (Fsp3) is 0.350. The first-order valence-electron chi connectivity index (χ1n) is 8.77. The predicted octanol–water partition coefficient (Wildman–Crippen LogP) is 3.29. The van der Waals surface area contributed by atoms with Gasteiger partial charge in [0.05, 0.1) is 5.75 Å². The molecule has 0 bridgehead atoms. The van der Waals surface area contributed by atoms with Crippen molar-refractivity contribution in [2.24, 2.45) is 5.92 Å². The van der Waals surface area contributed by atoms with E-state index in [0.717, 1.165) is 5.56 Å². The van der Waals surface area contributed by atoms with Crippen LogP contribution in [0.25, 0.3) is 0 Å². The molecule has 1 saturated heterocycles. The number of hydrogen-bond donors (Lipinski definition) is 0. The molecule has 0 spiro atoms. The zero-order valence-corrected chi connectivity index (χ0v) is 15.3. The standard InChI is InChI=1S/C20H22FNO3S/c21-19-10-8-17(9-11-19)20(23)18-7-4-13-22(15-18)26(24,25)14-12-16-5-2-1-3-6-16/h1-3,5-6,8-11,18H,4,7,12-15H2. The topological polar surface area (TPSA) is 54.5 Å². The van der Waals surface area contributed by atoms with Gasteiger partial charge in [-0.2, -0.15) is 0 Å². The molecule has 0 amide bonds. The van der Waals surface area contributed by atoms with Crippen LogP contribution < -0.4 is 0 Å². The number of ketones is 1. The van der Waals surface area contributed by atoms with E-state index in [-0.39, 0.29) is 24.0 Å². The van der Waals surface area contributed by atoms with E-state index in [1.165, 1.54) is 28.6 Å². The molecule has 6 heteroatoms. The molecule has 1 atom stereocenters. The van der Waals surface area contributed by atoms with Gasteiger partial charge in [-0.25, -0.2) is 17.1 Å². The summed E-state index contributed by atoms with van der Waals surface area (Å²) in [6, 6.07) is 14.9. The van der Waals surface area contributed by atoms with Crippen molar-refractivity contribution >= 4 is 15.8 Å². The normalized spacial score (nSPS) is 18.6. The lowest BCUT2D eigenvalue weighted by molar-refractivity contribution is 0.0872. The minimum Gasteiger partial charge on any atom is -0.294 e. The summed E-state index contributed by atoms with van der Waals surface area (Å²) in [5.74, 6) is -0.849. The summed E-state index contributed by atoms with van der Waals surface area (Å²) in [5, 5.41) is 0. The summed E-state index contributed by atoms with van der Waals surface area (Å²) in [6.07, 6.45) is 1.76. The summed E-state index contributed by atoms with van der Waals surface area (Å²) in [4.78, 5) is 12.6. The Morgan fingerprint density at radius 2 is 1.77 bits per heavy atom. The molecule has 3 rings (SSSR count). The highest BCUT2D eigenvalue weighted by atomic mass is 32.2. The zero-order chi connectivity index (χ0) is 18.6. The molecule has 1 aliphatic rings. The first kappa shape index (κ1) is 18.7. The first-order valence-corrected chi connectivity index (χ1v) is 10.4. The lowest BCUT2D eigenvalue weighted by atomic mass is 9.91. The Morgan fingerprint density at radius 1 is 1.08 bits per heavy atom. The average Bonchev–Trinajstić information content (AvgIpc) is 2.67. The van der Waals surface area contributed by atoms with E-state index < -0.39 is 15.8 Å². The number of benzene rings is 2. The van der Waals surface area contributed by atoms with Crippen LogP contribution in [0.5, 0.6) is 0 Å². The molecule has 1 heterocycles. The highest BCUT2D eigenvalue weighted by Crippen LogP contribution is 2.23. The highest BCUT2D eigenvalue weighted by Gasteiger charge is 2.32. The molecule has 0 aliphatic carbocycles. The third-order valence-corrected chi connectivity index (χ3v) is 6.61. The van der Waals surface area contributed by atoms with Gasteiger partial charge in [0.15, 0.2) is 5.78 Å². The molecule has 2 aromatic rings. The highest BCUT2D eigenvalue weighted by molar-refractivity contribution is 7.89. The molecule has 26 heavy (non-hydrogen) atoms. The number of aryl methyl sites for hydroxylation is 1. The minimum atomic E-state index is -3.42. The van der Waals surface area contributed by atoms with Gasteiger partial charge in [0, 0.05) is 24.6 Å². The van der Waals surface area contributed by atoms with E-state index in [4.69, 9.17) is 0 Å². The first-order chi connectivity index (χ1) is 12.5. The van der Waals surface area contributed by atoms with Crippen LogP contribution in [0, 0.1) is 11.7 Å². The molecule has 2 aromatic carbocycles.